The van der Waals surface area contributed by atoms with E-state index in [1.165, 1.54) is 91.1 Å². The van der Waals surface area contributed by atoms with Crippen LogP contribution in [0.1, 0.15) is 117 Å². The van der Waals surface area contributed by atoms with Crippen molar-refractivity contribution in [3.63, 3.8) is 0 Å². The van der Waals surface area contributed by atoms with E-state index in [0.717, 1.165) is 19.3 Å². The maximum Gasteiger partial charge on any atom is 0.254 e. The van der Waals surface area contributed by atoms with Gasteiger partial charge in [-0.25, -0.2) is 3.89 Å². The average molecular weight is 394 g/mol. The normalized spacial score (nSPS) is 11.9. The standard InChI is InChI=1S/C18H39NO3S.C3H8/c1-4-5-6-7-8-9-10-11-12-13-14-15-16-17-18-19(2,3)23(20,21)22;1-3-2/h4-18H2,1-3H3;3H2,1-2H3. The molecule has 4 nitrogen and oxygen atoms in total. The van der Waals surface area contributed by atoms with Gasteiger partial charge in [-0.3, -0.25) is 0 Å². The van der Waals surface area contributed by atoms with Crippen LogP contribution in [0.3, 0.4) is 0 Å². The van der Waals surface area contributed by atoms with Crippen LogP contribution in [0.25, 0.3) is 0 Å². The van der Waals surface area contributed by atoms with Crippen LogP contribution in [-0.4, -0.2) is 37.5 Å². The van der Waals surface area contributed by atoms with E-state index in [-0.39, 0.29) is 0 Å². The van der Waals surface area contributed by atoms with E-state index in [0.29, 0.717) is 6.54 Å². The summed E-state index contributed by atoms with van der Waals surface area (Å²) in [7, 11) is -1.28. The minimum atomic E-state index is -4.23. The number of hydrogen-bond acceptors (Lipinski definition) is 3. The van der Waals surface area contributed by atoms with E-state index in [1.807, 2.05) is 0 Å². The Hall–Kier alpha value is -0.130. The summed E-state index contributed by atoms with van der Waals surface area (Å²) in [5.74, 6) is 0. The molecule has 0 unspecified atom stereocenters. The molecule has 0 N–H and O–H groups in total. The summed E-state index contributed by atoms with van der Waals surface area (Å²) in [5, 5.41) is 0. The van der Waals surface area contributed by atoms with Crippen LogP contribution >= 0.6 is 0 Å². The van der Waals surface area contributed by atoms with Crippen molar-refractivity contribution in [3.05, 3.63) is 0 Å². The van der Waals surface area contributed by atoms with Crippen molar-refractivity contribution in [2.45, 2.75) is 117 Å². The zero-order chi connectivity index (χ0) is 20.3. The van der Waals surface area contributed by atoms with E-state index in [2.05, 4.69) is 20.8 Å². The van der Waals surface area contributed by atoms with Crippen LogP contribution in [0.15, 0.2) is 0 Å². The fourth-order valence-corrected chi connectivity index (χ4v) is 3.15. The quantitative estimate of drug-likeness (QED) is 0.173. The van der Waals surface area contributed by atoms with Gasteiger partial charge in [-0.15, -0.1) is 0 Å². The van der Waals surface area contributed by atoms with Crippen LogP contribution in [0.2, 0.25) is 0 Å². The summed E-state index contributed by atoms with van der Waals surface area (Å²) in [6.45, 7) is 6.93. The maximum absolute atomic E-state index is 11.0. The largest absolute Gasteiger partial charge is 0.702 e. The molecule has 0 spiro atoms. The van der Waals surface area contributed by atoms with Crippen molar-refractivity contribution in [2.24, 2.45) is 0 Å². The smallest absolute Gasteiger partial charge is 0.254 e. The van der Waals surface area contributed by atoms with Gasteiger partial charge >= 0.3 is 0 Å². The molecule has 0 rings (SSSR count). The molecule has 0 saturated heterocycles. The molecule has 0 amide bonds. The van der Waals surface area contributed by atoms with Gasteiger partial charge < -0.3 is 4.55 Å². The first kappa shape index (κ1) is 28.1. The molecule has 0 radical (unpaired) electrons. The highest BCUT2D eigenvalue weighted by Crippen LogP contribution is 2.14. The highest BCUT2D eigenvalue weighted by atomic mass is 32.2. The third kappa shape index (κ3) is 18.7. The Bertz CT molecular complexity index is 381. The summed E-state index contributed by atoms with van der Waals surface area (Å²) >= 11 is 0. The first-order valence-corrected chi connectivity index (χ1v) is 12.4. The molecule has 0 fully saturated rings. The van der Waals surface area contributed by atoms with E-state index in [1.54, 1.807) is 0 Å². The minimum absolute atomic E-state index is 0.421. The van der Waals surface area contributed by atoms with Gasteiger partial charge in [-0.2, -0.15) is 8.42 Å². The zero-order valence-electron chi connectivity index (χ0n) is 18.4. The Morgan fingerprint density at radius 3 is 1.15 bits per heavy atom. The first-order valence-electron chi connectivity index (χ1n) is 11.0. The Morgan fingerprint density at radius 2 is 0.885 bits per heavy atom. The fourth-order valence-electron chi connectivity index (χ4n) is 2.80. The monoisotopic (exact) mass is 393 g/mol. The van der Waals surface area contributed by atoms with Crippen molar-refractivity contribution in [1.29, 1.82) is 0 Å². The molecule has 0 aromatic rings. The van der Waals surface area contributed by atoms with E-state index < -0.39 is 14.2 Å². The van der Waals surface area contributed by atoms with E-state index in [4.69, 9.17) is 0 Å². The third-order valence-corrected chi connectivity index (χ3v) is 6.05. The molecule has 0 bridgehead atoms. The molecule has 5 heteroatoms. The van der Waals surface area contributed by atoms with Crippen LogP contribution in [0.4, 0.5) is 0 Å². The minimum Gasteiger partial charge on any atom is -0.702 e. The molecule has 0 heterocycles. The summed E-state index contributed by atoms with van der Waals surface area (Å²) in [6.07, 6.45) is 19.1. The lowest BCUT2D eigenvalue weighted by molar-refractivity contribution is -0.768. The first-order chi connectivity index (χ1) is 12.2. The second kappa shape index (κ2) is 18.2. The summed E-state index contributed by atoms with van der Waals surface area (Å²) < 4.78 is 32.7. The lowest BCUT2D eigenvalue weighted by Crippen LogP contribution is -2.45. The zero-order valence-corrected chi connectivity index (χ0v) is 19.2. The van der Waals surface area contributed by atoms with Crippen molar-refractivity contribution in [2.75, 3.05) is 20.6 Å². The van der Waals surface area contributed by atoms with E-state index >= 15 is 0 Å². The molecule has 0 aromatic heterocycles. The van der Waals surface area contributed by atoms with Gasteiger partial charge in [-0.1, -0.05) is 104 Å². The Balaban J connectivity index is 0. The molecule has 0 atom stereocenters. The molecule has 0 aromatic carbocycles. The van der Waals surface area contributed by atoms with Crippen molar-refractivity contribution >= 4 is 10.3 Å². The van der Waals surface area contributed by atoms with E-state index in [9.17, 15) is 13.0 Å². The Labute approximate surface area is 165 Å². The highest BCUT2D eigenvalue weighted by molar-refractivity contribution is 7.79. The topological polar surface area (TPSA) is 57.2 Å². The Kier molecular flexibility index (Phi) is 19.7. The van der Waals surface area contributed by atoms with Gasteiger partial charge in [0.25, 0.3) is 10.3 Å². The molecule has 0 aliphatic rings. The van der Waals surface area contributed by atoms with Crippen LogP contribution < -0.4 is 0 Å². The fraction of sp³-hybridized carbons (Fsp3) is 1.00. The summed E-state index contributed by atoms with van der Waals surface area (Å²) in [4.78, 5) is 0. The SMILES string of the molecule is CCC.CCCCCCCCCCCCCCCC[N+](C)(C)S(=O)(=O)[O-]. The average Bonchev–Trinajstić information content (AvgIpc) is 2.55. The lowest BCUT2D eigenvalue weighted by Gasteiger charge is -2.30. The molecular weight excluding hydrogens is 346 g/mol. The molecule has 160 valence electrons. The predicted molar refractivity (Wildman–Crippen MR) is 113 cm³/mol. The predicted octanol–water partition coefficient (Wildman–Crippen LogP) is 6.42. The van der Waals surface area contributed by atoms with Crippen molar-refractivity contribution < 1.29 is 16.9 Å². The second-order valence-corrected chi connectivity index (χ2v) is 9.87. The Morgan fingerprint density at radius 1 is 0.615 bits per heavy atom. The number of hydrogen-bond donors (Lipinski definition) is 0. The number of rotatable bonds is 16. The van der Waals surface area contributed by atoms with Gasteiger partial charge in [0.1, 0.15) is 0 Å². The van der Waals surface area contributed by atoms with Crippen LogP contribution in [0.5, 0.6) is 0 Å². The van der Waals surface area contributed by atoms with Gasteiger partial charge in [0, 0.05) is 0 Å². The second-order valence-electron chi connectivity index (χ2n) is 8.03. The van der Waals surface area contributed by atoms with Gasteiger partial charge in [0.15, 0.2) is 0 Å². The van der Waals surface area contributed by atoms with Gasteiger partial charge in [0.05, 0.1) is 20.6 Å². The molecule has 0 saturated carbocycles. The van der Waals surface area contributed by atoms with Crippen LogP contribution in [0, 0.1) is 0 Å². The van der Waals surface area contributed by atoms with Gasteiger partial charge in [-0.05, 0) is 12.8 Å². The lowest BCUT2D eigenvalue weighted by atomic mass is 10.0. The summed E-state index contributed by atoms with van der Waals surface area (Å²) in [6, 6.07) is 0. The highest BCUT2D eigenvalue weighted by Gasteiger charge is 2.22. The molecule has 26 heavy (non-hydrogen) atoms. The van der Waals surface area contributed by atoms with Crippen molar-refractivity contribution in [3.8, 4) is 0 Å². The number of unbranched alkanes of at least 4 members (excludes halogenated alkanes) is 13. The number of quaternary nitrogens is 1. The molecule has 0 aliphatic carbocycles. The van der Waals surface area contributed by atoms with Crippen molar-refractivity contribution in [1.82, 2.24) is 0 Å². The number of nitrogens with zero attached hydrogens (tertiary/aromatic N) is 1. The summed E-state index contributed by atoms with van der Waals surface area (Å²) in [5.41, 5.74) is 0. The van der Waals surface area contributed by atoms with Crippen LogP contribution in [-0.2, 0) is 10.3 Å². The third-order valence-electron chi connectivity index (χ3n) is 4.66. The maximum atomic E-state index is 11.0. The molecule has 0 aliphatic heterocycles. The van der Waals surface area contributed by atoms with Gasteiger partial charge in [0.2, 0.25) is 0 Å². The molecular formula is C21H47NO3S.